The molecule has 4 aromatic rings. The quantitative estimate of drug-likeness (QED) is 0.453. The lowest BCUT2D eigenvalue weighted by atomic mass is 9.97. The van der Waals surface area contributed by atoms with Crippen LogP contribution in [0.2, 0.25) is 0 Å². The fourth-order valence-electron chi connectivity index (χ4n) is 3.54. The maximum Gasteiger partial charge on any atom is 0.412 e. The monoisotopic (exact) mass is 417 g/mol. The molecule has 31 heavy (non-hydrogen) atoms. The lowest BCUT2D eigenvalue weighted by Crippen LogP contribution is -2.29. The highest BCUT2D eigenvalue weighted by Crippen LogP contribution is 2.36. The highest BCUT2D eigenvalue weighted by Gasteiger charge is 2.22. The summed E-state index contributed by atoms with van der Waals surface area (Å²) in [5, 5.41) is 5.19. The van der Waals surface area contributed by atoms with Crippen molar-refractivity contribution in [2.24, 2.45) is 0 Å². The molecule has 0 saturated heterocycles. The molecule has 2 N–H and O–H groups in total. The lowest BCUT2D eigenvalue weighted by molar-refractivity contribution is 0.0636. The number of anilines is 1. The Morgan fingerprint density at radius 1 is 1.10 bits per heavy atom. The first-order valence-corrected chi connectivity index (χ1v) is 9.84. The van der Waals surface area contributed by atoms with Crippen LogP contribution in [0.4, 0.5) is 10.5 Å². The van der Waals surface area contributed by atoms with E-state index in [-0.39, 0.29) is 5.69 Å². The van der Waals surface area contributed by atoms with Crippen molar-refractivity contribution in [2.75, 3.05) is 12.4 Å². The van der Waals surface area contributed by atoms with Gasteiger partial charge in [0.1, 0.15) is 17.0 Å². The molecule has 158 valence electrons. The number of pyridine rings is 2. The van der Waals surface area contributed by atoms with Crippen LogP contribution in [0.1, 0.15) is 20.8 Å². The number of H-pyrrole nitrogens is 1. The number of nitrogens with zero attached hydrogens (tertiary/aromatic N) is 1. The van der Waals surface area contributed by atoms with E-state index in [2.05, 4.69) is 15.3 Å². The number of nitrogens with one attached hydrogen (secondary N) is 2. The summed E-state index contributed by atoms with van der Waals surface area (Å²) >= 11 is 0. The Bertz CT molecular complexity index is 1350. The predicted molar refractivity (Wildman–Crippen MR) is 122 cm³/mol. The first kappa shape index (κ1) is 20.4. The van der Waals surface area contributed by atoms with E-state index in [1.807, 2.05) is 42.5 Å². The van der Waals surface area contributed by atoms with Gasteiger partial charge in [-0.2, -0.15) is 0 Å². The van der Waals surface area contributed by atoms with Crippen molar-refractivity contribution in [1.82, 2.24) is 9.97 Å². The van der Waals surface area contributed by atoms with Crippen molar-refractivity contribution in [1.29, 1.82) is 0 Å². The van der Waals surface area contributed by atoms with E-state index in [9.17, 15) is 9.59 Å². The van der Waals surface area contributed by atoms with Crippen LogP contribution >= 0.6 is 0 Å². The molecule has 0 fully saturated rings. The molecule has 1 amide bonds. The molecule has 2 aromatic heterocycles. The first-order chi connectivity index (χ1) is 14.8. The third kappa shape index (κ3) is 4.07. The molecule has 0 aliphatic carbocycles. The second-order valence-corrected chi connectivity index (χ2v) is 8.15. The number of carbonyl (C=O) groups is 1. The number of ether oxygens (including phenoxy) is 2. The highest BCUT2D eigenvalue weighted by atomic mass is 16.6. The minimum atomic E-state index is -0.702. The number of aromatic nitrogens is 2. The molecule has 0 unspecified atom stereocenters. The Morgan fingerprint density at radius 3 is 2.65 bits per heavy atom. The summed E-state index contributed by atoms with van der Waals surface area (Å²) in [4.78, 5) is 32.7. The average Bonchev–Trinajstić information content (AvgIpc) is 2.73. The summed E-state index contributed by atoms with van der Waals surface area (Å²) in [6, 6.07) is 13.0. The van der Waals surface area contributed by atoms with E-state index in [4.69, 9.17) is 9.47 Å². The molecule has 4 rings (SSSR count). The van der Waals surface area contributed by atoms with E-state index in [1.54, 1.807) is 40.3 Å². The second kappa shape index (κ2) is 7.75. The topological polar surface area (TPSA) is 93.3 Å². The van der Waals surface area contributed by atoms with Gasteiger partial charge < -0.3 is 14.5 Å². The Kier molecular flexibility index (Phi) is 5.10. The Labute approximate surface area is 179 Å². The number of methoxy groups -OCH3 is 1. The lowest BCUT2D eigenvalue weighted by Gasteiger charge is -2.21. The number of amides is 1. The fourth-order valence-corrected chi connectivity index (χ4v) is 3.54. The number of carbonyl (C=O) groups excluding carboxylic acids is 1. The van der Waals surface area contributed by atoms with Gasteiger partial charge in [0.25, 0.3) is 5.56 Å². The number of hydrogen-bond donors (Lipinski definition) is 2. The van der Waals surface area contributed by atoms with Crippen LogP contribution in [-0.4, -0.2) is 28.8 Å². The Balaban J connectivity index is 2.02. The SMILES string of the molecule is COc1cccc(-c2c(NC(=O)OC(C)(C)C)c(=O)[nH]c3c2ccc2cnccc23)c1. The van der Waals surface area contributed by atoms with Crippen molar-refractivity contribution in [3.63, 3.8) is 0 Å². The van der Waals surface area contributed by atoms with Gasteiger partial charge >= 0.3 is 6.09 Å². The number of hydrogen-bond acceptors (Lipinski definition) is 5. The van der Waals surface area contributed by atoms with Crippen LogP contribution in [0, 0.1) is 0 Å². The van der Waals surface area contributed by atoms with Crippen molar-refractivity contribution < 1.29 is 14.3 Å². The summed E-state index contributed by atoms with van der Waals surface area (Å²) in [5.74, 6) is 0.638. The van der Waals surface area contributed by atoms with Crippen LogP contribution < -0.4 is 15.6 Å². The van der Waals surface area contributed by atoms with Gasteiger partial charge in [-0.15, -0.1) is 0 Å². The summed E-state index contributed by atoms with van der Waals surface area (Å²) in [5.41, 5.74) is 0.964. The van der Waals surface area contributed by atoms with E-state index < -0.39 is 17.3 Å². The van der Waals surface area contributed by atoms with Gasteiger partial charge in [-0.05, 0) is 44.5 Å². The van der Waals surface area contributed by atoms with E-state index in [1.165, 1.54) is 0 Å². The van der Waals surface area contributed by atoms with Crippen LogP contribution in [0.5, 0.6) is 5.75 Å². The second-order valence-electron chi connectivity index (χ2n) is 8.15. The zero-order chi connectivity index (χ0) is 22.2. The maximum atomic E-state index is 13.2. The minimum absolute atomic E-state index is 0.114. The number of aromatic amines is 1. The van der Waals surface area contributed by atoms with E-state index in [0.717, 1.165) is 21.7 Å². The van der Waals surface area contributed by atoms with Gasteiger partial charge in [-0.1, -0.05) is 24.3 Å². The molecule has 7 nitrogen and oxygen atoms in total. The largest absolute Gasteiger partial charge is 0.497 e. The third-order valence-corrected chi connectivity index (χ3v) is 4.79. The van der Waals surface area contributed by atoms with E-state index in [0.29, 0.717) is 16.8 Å². The van der Waals surface area contributed by atoms with Crippen LogP contribution in [0.25, 0.3) is 32.8 Å². The van der Waals surface area contributed by atoms with Gasteiger partial charge in [0.05, 0.1) is 12.6 Å². The maximum absolute atomic E-state index is 13.2. The molecule has 2 heterocycles. The third-order valence-electron chi connectivity index (χ3n) is 4.79. The zero-order valence-corrected chi connectivity index (χ0v) is 17.8. The molecule has 7 heteroatoms. The summed E-state index contributed by atoms with van der Waals surface area (Å²) < 4.78 is 10.7. The Morgan fingerprint density at radius 2 is 1.90 bits per heavy atom. The first-order valence-electron chi connectivity index (χ1n) is 9.84. The summed E-state index contributed by atoms with van der Waals surface area (Å²) in [6.45, 7) is 5.29. The molecule has 0 saturated carbocycles. The van der Waals surface area contributed by atoms with Gasteiger partial charge in [0.2, 0.25) is 0 Å². The molecule has 2 aromatic carbocycles. The highest BCUT2D eigenvalue weighted by molar-refractivity contribution is 6.13. The molecule has 0 atom stereocenters. The molecule has 0 radical (unpaired) electrons. The van der Waals surface area contributed by atoms with Crippen molar-refractivity contribution in [3.8, 4) is 16.9 Å². The smallest absolute Gasteiger partial charge is 0.412 e. The summed E-state index contributed by atoms with van der Waals surface area (Å²) in [6.07, 6.45) is 2.72. The molecule has 0 spiro atoms. The number of fused-ring (bicyclic) bond motifs is 3. The number of benzene rings is 2. The Hall–Kier alpha value is -3.87. The zero-order valence-electron chi connectivity index (χ0n) is 17.8. The van der Waals surface area contributed by atoms with Crippen LogP contribution in [0.15, 0.2) is 59.7 Å². The van der Waals surface area contributed by atoms with Gasteiger partial charge in [0, 0.05) is 34.1 Å². The van der Waals surface area contributed by atoms with Crippen LogP contribution in [-0.2, 0) is 4.74 Å². The van der Waals surface area contributed by atoms with Crippen molar-refractivity contribution in [3.05, 3.63) is 65.2 Å². The molecule has 0 bridgehead atoms. The fraction of sp³-hybridized carbons (Fsp3) is 0.208. The van der Waals surface area contributed by atoms with Crippen LogP contribution in [0.3, 0.4) is 0 Å². The van der Waals surface area contributed by atoms with Crippen molar-refractivity contribution in [2.45, 2.75) is 26.4 Å². The summed E-state index contributed by atoms with van der Waals surface area (Å²) in [7, 11) is 1.58. The standard InChI is InChI=1S/C24H23N3O4/c1-24(2,3)31-23(29)27-21-19(14-6-5-7-16(12-14)30-4)18-9-8-15-13-25-11-10-17(15)20(18)26-22(21)28/h5-13H,1-4H3,(H,26,28)(H,27,29). The normalized spacial score (nSPS) is 11.5. The predicted octanol–water partition coefficient (Wildman–Crippen LogP) is 5.10. The molecule has 0 aliphatic heterocycles. The van der Waals surface area contributed by atoms with Crippen molar-refractivity contribution >= 4 is 33.5 Å². The average molecular weight is 417 g/mol. The molecular formula is C24H23N3O4. The van der Waals surface area contributed by atoms with Gasteiger partial charge in [-0.3, -0.25) is 15.1 Å². The minimum Gasteiger partial charge on any atom is -0.497 e. The van der Waals surface area contributed by atoms with Gasteiger partial charge in [-0.25, -0.2) is 4.79 Å². The molecular weight excluding hydrogens is 394 g/mol. The van der Waals surface area contributed by atoms with Gasteiger partial charge in [0.15, 0.2) is 0 Å². The van der Waals surface area contributed by atoms with E-state index >= 15 is 0 Å². The number of rotatable bonds is 3. The molecule has 0 aliphatic rings.